The first-order chi connectivity index (χ1) is 4.98. The van der Waals surface area contributed by atoms with Gasteiger partial charge in [-0.05, 0) is 13.3 Å². The van der Waals surface area contributed by atoms with E-state index in [9.17, 15) is 13.2 Å². The third-order valence-electron chi connectivity index (χ3n) is 1.11. The van der Waals surface area contributed by atoms with Gasteiger partial charge in [0, 0.05) is 11.9 Å². The van der Waals surface area contributed by atoms with Crippen molar-refractivity contribution >= 4 is 15.9 Å². The van der Waals surface area contributed by atoms with E-state index in [1.54, 1.807) is 0 Å². The molecule has 0 fully saturated rings. The van der Waals surface area contributed by atoms with Gasteiger partial charge >= 0.3 is 6.18 Å². The Morgan fingerprint density at radius 1 is 1.45 bits per heavy atom. The normalized spacial score (nSPS) is 15.0. The molecule has 0 aliphatic carbocycles. The Labute approximate surface area is 72.0 Å². The minimum absolute atomic E-state index is 0.145. The third-order valence-corrected chi connectivity index (χ3v) is 1.67. The number of alkyl halides is 4. The minimum atomic E-state index is -4.23. The summed E-state index contributed by atoms with van der Waals surface area (Å²) in [7, 11) is 0. The molecular weight excluding hydrogens is 225 g/mol. The average molecular weight is 235 g/mol. The van der Waals surface area contributed by atoms with E-state index in [0.717, 1.165) is 6.92 Å². The molecule has 0 saturated heterocycles. The van der Waals surface area contributed by atoms with Crippen LogP contribution >= 0.6 is 15.9 Å². The quantitative estimate of drug-likeness (QED) is 0.537. The molecule has 0 saturated carbocycles. The highest BCUT2D eigenvalue weighted by Crippen LogP contribution is 2.22. The highest BCUT2D eigenvalue weighted by Gasteiger charge is 2.36. The molecule has 0 aliphatic heterocycles. The van der Waals surface area contributed by atoms with Gasteiger partial charge in [-0.25, -0.2) is 0 Å². The lowest BCUT2D eigenvalue weighted by Crippen LogP contribution is -2.28. The molecule has 0 bridgehead atoms. The van der Waals surface area contributed by atoms with E-state index < -0.39 is 12.3 Å². The molecule has 0 aromatic rings. The summed E-state index contributed by atoms with van der Waals surface area (Å²) in [4.78, 5) is 0. The van der Waals surface area contributed by atoms with Crippen molar-refractivity contribution in [1.29, 1.82) is 0 Å². The van der Waals surface area contributed by atoms with Gasteiger partial charge in [0.25, 0.3) is 0 Å². The van der Waals surface area contributed by atoms with Crippen LogP contribution < -0.4 is 0 Å². The summed E-state index contributed by atoms with van der Waals surface area (Å²) in [6.07, 6.45) is -5.28. The number of rotatable bonds is 4. The second kappa shape index (κ2) is 4.98. The summed E-state index contributed by atoms with van der Waals surface area (Å²) in [6, 6.07) is 0. The lowest BCUT2D eigenvalue weighted by Gasteiger charge is -2.15. The van der Waals surface area contributed by atoms with E-state index in [1.807, 2.05) is 0 Å². The largest absolute Gasteiger partial charge is 0.414 e. The molecule has 0 heterocycles. The number of hydrogen-bond acceptors (Lipinski definition) is 1. The van der Waals surface area contributed by atoms with Crippen molar-refractivity contribution in [3.8, 4) is 0 Å². The first-order valence-corrected chi connectivity index (χ1v) is 4.35. The van der Waals surface area contributed by atoms with Crippen LogP contribution in [-0.4, -0.2) is 24.2 Å². The Balaban J connectivity index is 3.44. The average Bonchev–Trinajstić information content (AvgIpc) is 1.86. The summed E-state index contributed by atoms with van der Waals surface area (Å²) in [6.45, 7) is 1.15. The van der Waals surface area contributed by atoms with Gasteiger partial charge in [0.2, 0.25) is 0 Å². The van der Waals surface area contributed by atoms with Gasteiger partial charge in [-0.1, -0.05) is 15.9 Å². The molecule has 1 unspecified atom stereocenters. The van der Waals surface area contributed by atoms with Gasteiger partial charge in [-0.3, -0.25) is 0 Å². The molecule has 1 atom stereocenters. The van der Waals surface area contributed by atoms with Crippen LogP contribution in [0.25, 0.3) is 0 Å². The lowest BCUT2D eigenvalue weighted by molar-refractivity contribution is -0.213. The smallest absolute Gasteiger partial charge is 0.369 e. The maximum atomic E-state index is 11.7. The lowest BCUT2D eigenvalue weighted by atomic mass is 10.4. The Bertz CT molecular complexity index is 104. The summed E-state index contributed by atoms with van der Waals surface area (Å²) < 4.78 is 39.7. The topological polar surface area (TPSA) is 9.23 Å². The second-order valence-electron chi connectivity index (χ2n) is 2.10. The Kier molecular flexibility index (Phi) is 5.08. The van der Waals surface area contributed by atoms with Gasteiger partial charge in [-0.2, -0.15) is 13.2 Å². The zero-order chi connectivity index (χ0) is 8.91. The second-order valence-corrected chi connectivity index (χ2v) is 2.89. The minimum Gasteiger partial charge on any atom is -0.369 e. The maximum Gasteiger partial charge on any atom is 0.414 e. The molecule has 0 N–H and O–H groups in total. The van der Waals surface area contributed by atoms with Crippen LogP contribution in [0.2, 0.25) is 0 Å². The maximum absolute atomic E-state index is 11.7. The van der Waals surface area contributed by atoms with Crippen LogP contribution in [0.3, 0.4) is 0 Å². The van der Waals surface area contributed by atoms with Crippen LogP contribution in [0.15, 0.2) is 0 Å². The van der Waals surface area contributed by atoms with Gasteiger partial charge < -0.3 is 4.74 Å². The third kappa shape index (κ3) is 5.49. The zero-order valence-corrected chi connectivity index (χ0v) is 7.70. The van der Waals surface area contributed by atoms with Gasteiger partial charge in [0.1, 0.15) is 0 Å². The molecule has 0 aliphatic rings. The molecule has 1 nitrogen and oxygen atoms in total. The molecule has 0 rings (SSSR count). The first-order valence-electron chi connectivity index (χ1n) is 3.22. The van der Waals surface area contributed by atoms with Gasteiger partial charge in [-0.15, -0.1) is 0 Å². The molecule has 5 heteroatoms. The molecule has 0 amide bonds. The fraction of sp³-hybridized carbons (Fsp3) is 1.00. The van der Waals surface area contributed by atoms with E-state index in [2.05, 4.69) is 20.7 Å². The highest BCUT2D eigenvalue weighted by molar-refractivity contribution is 9.09. The molecule has 0 aromatic heterocycles. The Morgan fingerprint density at radius 2 is 2.00 bits per heavy atom. The predicted octanol–water partition coefficient (Wildman–Crippen LogP) is 2.74. The van der Waals surface area contributed by atoms with E-state index in [4.69, 9.17) is 0 Å². The fourth-order valence-corrected chi connectivity index (χ4v) is 0.638. The Hall–Kier alpha value is 0.230. The fourth-order valence-electron chi connectivity index (χ4n) is 0.409. The van der Waals surface area contributed by atoms with E-state index in [-0.39, 0.29) is 6.61 Å². The van der Waals surface area contributed by atoms with Crippen molar-refractivity contribution in [2.45, 2.75) is 25.6 Å². The molecule has 68 valence electrons. The van der Waals surface area contributed by atoms with Crippen LogP contribution in [0.4, 0.5) is 13.2 Å². The summed E-state index contributed by atoms with van der Waals surface area (Å²) in [5.74, 6) is 0. The Morgan fingerprint density at radius 3 is 2.36 bits per heavy atom. The van der Waals surface area contributed by atoms with Crippen molar-refractivity contribution in [3.05, 3.63) is 0 Å². The zero-order valence-electron chi connectivity index (χ0n) is 6.12. The summed E-state index contributed by atoms with van der Waals surface area (Å²) in [5, 5.41) is 0.664. The molecule has 0 spiro atoms. The number of hydrogen-bond donors (Lipinski definition) is 0. The van der Waals surface area contributed by atoms with Gasteiger partial charge in [0.05, 0.1) is 0 Å². The van der Waals surface area contributed by atoms with Crippen molar-refractivity contribution in [2.75, 3.05) is 11.9 Å². The van der Waals surface area contributed by atoms with Crippen LogP contribution in [-0.2, 0) is 4.74 Å². The predicted molar refractivity (Wildman–Crippen MR) is 39.9 cm³/mol. The molecular formula is C6H10BrF3O. The van der Waals surface area contributed by atoms with Crippen molar-refractivity contribution in [1.82, 2.24) is 0 Å². The van der Waals surface area contributed by atoms with E-state index in [0.29, 0.717) is 11.8 Å². The highest BCUT2D eigenvalue weighted by atomic mass is 79.9. The van der Waals surface area contributed by atoms with E-state index >= 15 is 0 Å². The molecule has 11 heavy (non-hydrogen) atoms. The summed E-state index contributed by atoms with van der Waals surface area (Å²) >= 11 is 3.09. The molecule has 0 aromatic carbocycles. The van der Waals surface area contributed by atoms with Crippen molar-refractivity contribution in [3.63, 3.8) is 0 Å². The van der Waals surface area contributed by atoms with Crippen LogP contribution in [0.1, 0.15) is 13.3 Å². The van der Waals surface area contributed by atoms with Crippen molar-refractivity contribution in [2.24, 2.45) is 0 Å². The van der Waals surface area contributed by atoms with Crippen molar-refractivity contribution < 1.29 is 17.9 Å². The molecule has 0 radical (unpaired) electrons. The van der Waals surface area contributed by atoms with Crippen LogP contribution in [0.5, 0.6) is 0 Å². The summed E-state index contributed by atoms with van der Waals surface area (Å²) in [5.41, 5.74) is 0. The SMILES string of the molecule is CC(OCCCBr)C(F)(F)F. The standard InChI is InChI=1S/C6H10BrF3O/c1-5(6(8,9)10)11-4-2-3-7/h5H,2-4H2,1H3. The first kappa shape index (κ1) is 11.2. The monoisotopic (exact) mass is 234 g/mol. The number of halogens is 4. The van der Waals surface area contributed by atoms with Gasteiger partial charge in [0.15, 0.2) is 6.10 Å². The van der Waals surface area contributed by atoms with Crippen LogP contribution in [0, 0.1) is 0 Å². The van der Waals surface area contributed by atoms with E-state index in [1.165, 1.54) is 0 Å². The number of ether oxygens (including phenoxy) is 1.